The van der Waals surface area contributed by atoms with Gasteiger partial charge in [-0.3, -0.25) is 0 Å². The highest BCUT2D eigenvalue weighted by Crippen LogP contribution is 2.51. The molecule has 0 N–H and O–H groups in total. The zero-order valence-electron chi connectivity index (χ0n) is 47.5. The first kappa shape index (κ1) is 48.7. The second kappa shape index (κ2) is 18.3. The van der Waals surface area contributed by atoms with Gasteiger partial charge in [0, 0.05) is 68.0 Å². The molecule has 0 aliphatic carbocycles. The summed E-state index contributed by atoms with van der Waals surface area (Å²) < 4.78 is 0. The summed E-state index contributed by atoms with van der Waals surface area (Å²) in [6, 6.07) is 84.2. The van der Waals surface area contributed by atoms with Crippen LogP contribution in [0.15, 0.2) is 200 Å². The summed E-state index contributed by atoms with van der Waals surface area (Å²) in [5, 5.41) is 0. The maximum Gasteiger partial charge on any atom is 0.262 e. The van der Waals surface area contributed by atoms with Gasteiger partial charge in [-0.15, -0.1) is 0 Å². The maximum atomic E-state index is 3.83. The van der Waals surface area contributed by atoms with Crippen LogP contribution in [0, 0.1) is 74.4 Å². The van der Waals surface area contributed by atoms with E-state index in [0.29, 0.717) is 0 Å². The molecule has 0 bridgehead atoms. The van der Waals surface area contributed by atoms with E-state index in [2.05, 4.69) is 288 Å². The Kier molecular flexibility index (Phi) is 11.0. The zero-order chi connectivity index (χ0) is 55.1. The molecule has 0 saturated carbocycles. The molecule has 4 aliphatic rings. The van der Waals surface area contributed by atoms with E-state index in [9.17, 15) is 0 Å². The average molecular weight is 1040 g/mol. The van der Waals surface area contributed by atoms with Crippen molar-refractivity contribution in [1.29, 1.82) is 0 Å². The number of benzene rings is 10. The van der Waals surface area contributed by atoms with Crippen molar-refractivity contribution in [3.63, 3.8) is 0 Å². The van der Waals surface area contributed by atoms with Crippen LogP contribution in [0.5, 0.6) is 0 Å². The SMILES string of the molecule is Cc1ccc(N2c3ccc#cc3B3c4cc5c(cc4N(c4ccc(C)cc4)c4cc(-c6cc(C)ccc6C)cc2c43)N(c2ccc(C)cc2)c2cc(-c3cc(C)ccc3C)cc3c2B5c2cc(C)ccc2N3c2ccc(C)cc2)cc1. The summed E-state index contributed by atoms with van der Waals surface area (Å²) in [5.74, 6) is 0. The lowest BCUT2D eigenvalue weighted by Gasteiger charge is -2.47. The molecule has 4 heterocycles. The lowest BCUT2D eigenvalue weighted by molar-refractivity contribution is 1.23. The molecule has 4 nitrogen and oxygen atoms in total. The summed E-state index contributed by atoms with van der Waals surface area (Å²) in [4.78, 5) is 10.2. The molecule has 0 amide bonds. The van der Waals surface area contributed by atoms with E-state index in [1.807, 2.05) is 6.07 Å². The van der Waals surface area contributed by atoms with E-state index in [4.69, 9.17) is 0 Å². The van der Waals surface area contributed by atoms with Crippen molar-refractivity contribution in [3.8, 4) is 22.3 Å². The minimum Gasteiger partial charge on any atom is -0.311 e. The van der Waals surface area contributed by atoms with E-state index in [-0.39, 0.29) is 13.4 Å². The van der Waals surface area contributed by atoms with Crippen LogP contribution in [-0.4, -0.2) is 13.4 Å². The quantitative estimate of drug-likeness (QED) is 0.154. The fraction of sp³-hybridized carbons (Fsp3) is 0.120. The van der Waals surface area contributed by atoms with Crippen molar-refractivity contribution in [3.05, 3.63) is 262 Å². The van der Waals surface area contributed by atoms with E-state index in [1.165, 1.54) is 128 Å². The normalized spacial score (nSPS) is 13.2. The van der Waals surface area contributed by atoms with Crippen LogP contribution in [0.25, 0.3) is 22.3 Å². The Balaban J connectivity index is 1.09. The molecule has 6 heteroatoms. The van der Waals surface area contributed by atoms with Crippen molar-refractivity contribution in [2.75, 3.05) is 19.6 Å². The molecule has 4 aliphatic heterocycles. The third-order valence-electron chi connectivity index (χ3n) is 17.7. The van der Waals surface area contributed by atoms with Crippen molar-refractivity contribution >= 4 is 114 Å². The highest BCUT2D eigenvalue weighted by atomic mass is 15.2. The Morgan fingerprint density at radius 2 is 0.642 bits per heavy atom. The number of nitrogens with zero attached hydrogens (tertiary/aromatic N) is 4. The minimum absolute atomic E-state index is 0.111. The fourth-order valence-electron chi connectivity index (χ4n) is 13.7. The Labute approximate surface area is 478 Å². The van der Waals surface area contributed by atoms with Crippen molar-refractivity contribution in [1.82, 2.24) is 0 Å². The third-order valence-corrected chi connectivity index (χ3v) is 17.7. The Morgan fingerprint density at radius 3 is 1.10 bits per heavy atom. The molecule has 15 rings (SSSR count). The van der Waals surface area contributed by atoms with Gasteiger partial charge in [0.1, 0.15) is 0 Å². The van der Waals surface area contributed by atoms with Crippen LogP contribution in [-0.2, 0) is 0 Å². The zero-order valence-corrected chi connectivity index (χ0v) is 47.5. The second-order valence-corrected chi connectivity index (χ2v) is 23.5. The van der Waals surface area contributed by atoms with Gasteiger partial charge in [-0.1, -0.05) is 154 Å². The lowest BCUT2D eigenvalue weighted by atomic mass is 9.30. The van der Waals surface area contributed by atoms with E-state index < -0.39 is 0 Å². The molecule has 11 aromatic carbocycles. The molecule has 81 heavy (non-hydrogen) atoms. The highest BCUT2D eigenvalue weighted by molar-refractivity contribution is 7.03. The number of rotatable bonds is 6. The monoisotopic (exact) mass is 1040 g/mol. The molecule has 0 aromatic heterocycles. The first-order valence-electron chi connectivity index (χ1n) is 28.5. The molecule has 0 fully saturated rings. The lowest BCUT2D eigenvalue weighted by Crippen LogP contribution is -2.65. The standard InChI is InChI=1S/C75H60B2N4/c1-45-16-27-56(28-17-45)78-66-13-11-10-12-62(66)76-64-43-65-69(44-68(64)80(58-31-20-47(3)21-32-58)72-41-54(39-70(78)74(72)76)60-36-49(5)14-25-52(60)8)81(59-33-22-48(4)23-34-59)73-42-55(61-37-50(6)15-26-53(61)9)40-71-75(73)77(65)63-38-51(7)24-35-67(63)79(71)57-29-18-46(2)19-30-57/h11,13-44H,1-9H3. The molecule has 0 saturated heterocycles. The smallest absolute Gasteiger partial charge is 0.262 e. The Morgan fingerprint density at radius 1 is 0.284 bits per heavy atom. The number of fused-ring (bicyclic) bond motifs is 8. The Bertz CT molecular complexity index is 4410. The summed E-state index contributed by atoms with van der Waals surface area (Å²) in [6.07, 6.45) is 0. The Hall–Kier alpha value is -9.43. The van der Waals surface area contributed by atoms with Crippen molar-refractivity contribution in [2.45, 2.75) is 62.3 Å². The average Bonchev–Trinajstić information content (AvgIpc) is 2.66. The van der Waals surface area contributed by atoms with Gasteiger partial charge in [-0.25, -0.2) is 0 Å². The first-order valence-corrected chi connectivity index (χ1v) is 28.5. The number of hydrogen-bond acceptors (Lipinski definition) is 4. The number of aryl methyl sites for hydroxylation is 9. The molecular formula is C75H60B2N4. The molecule has 0 atom stereocenters. The topological polar surface area (TPSA) is 13.0 Å². The van der Waals surface area contributed by atoms with Crippen LogP contribution in [0.1, 0.15) is 50.1 Å². The summed E-state index contributed by atoms with van der Waals surface area (Å²) in [5.41, 5.74) is 37.3. The van der Waals surface area contributed by atoms with Gasteiger partial charge in [0.15, 0.2) is 0 Å². The molecule has 386 valence electrons. The predicted octanol–water partition coefficient (Wildman–Crippen LogP) is 15.6. The highest BCUT2D eigenvalue weighted by Gasteiger charge is 2.49. The van der Waals surface area contributed by atoms with Crippen LogP contribution in [0.4, 0.5) is 68.2 Å². The summed E-state index contributed by atoms with van der Waals surface area (Å²) in [6.45, 7) is 19.6. The second-order valence-electron chi connectivity index (χ2n) is 23.5. The van der Waals surface area contributed by atoms with Gasteiger partial charge in [0.05, 0.1) is 5.69 Å². The molecule has 0 unspecified atom stereocenters. The number of hydrogen-bond donors (Lipinski definition) is 0. The predicted molar refractivity (Wildman–Crippen MR) is 346 cm³/mol. The van der Waals surface area contributed by atoms with Gasteiger partial charge < -0.3 is 19.6 Å². The van der Waals surface area contributed by atoms with Gasteiger partial charge in [0.25, 0.3) is 13.4 Å². The van der Waals surface area contributed by atoms with Gasteiger partial charge >= 0.3 is 0 Å². The van der Waals surface area contributed by atoms with Crippen LogP contribution in [0.2, 0.25) is 0 Å². The van der Waals surface area contributed by atoms with E-state index in [0.717, 1.165) is 45.3 Å². The van der Waals surface area contributed by atoms with Crippen LogP contribution < -0.4 is 52.4 Å². The summed E-state index contributed by atoms with van der Waals surface area (Å²) >= 11 is 0. The first-order chi connectivity index (χ1) is 39.3. The fourth-order valence-corrected chi connectivity index (χ4v) is 13.7. The van der Waals surface area contributed by atoms with E-state index in [1.54, 1.807) is 0 Å². The van der Waals surface area contributed by atoms with Crippen LogP contribution >= 0.6 is 0 Å². The van der Waals surface area contributed by atoms with Crippen LogP contribution in [0.3, 0.4) is 0 Å². The largest absolute Gasteiger partial charge is 0.311 e. The molecule has 0 radical (unpaired) electrons. The summed E-state index contributed by atoms with van der Waals surface area (Å²) in [7, 11) is 0. The van der Waals surface area contributed by atoms with Gasteiger partial charge in [-0.2, -0.15) is 0 Å². The molecular weight excluding hydrogens is 978 g/mol. The number of anilines is 12. The van der Waals surface area contributed by atoms with Gasteiger partial charge in [0.2, 0.25) is 0 Å². The van der Waals surface area contributed by atoms with Crippen molar-refractivity contribution < 1.29 is 0 Å². The maximum absolute atomic E-state index is 3.83. The van der Waals surface area contributed by atoms with Crippen molar-refractivity contribution in [2.24, 2.45) is 0 Å². The minimum atomic E-state index is -0.177. The molecule has 0 spiro atoms. The van der Waals surface area contributed by atoms with Gasteiger partial charge in [-0.05, 0) is 220 Å². The van der Waals surface area contributed by atoms with E-state index >= 15 is 0 Å². The third kappa shape index (κ3) is 7.63. The molecule has 11 aromatic rings.